The summed E-state index contributed by atoms with van der Waals surface area (Å²) in [4.78, 5) is 7.95. The van der Waals surface area contributed by atoms with E-state index in [0.29, 0.717) is 0 Å². The molecule has 102 valence electrons. The van der Waals surface area contributed by atoms with E-state index in [4.69, 9.17) is 0 Å². The Kier molecular flexibility index (Phi) is 3.28. The van der Waals surface area contributed by atoms with Crippen molar-refractivity contribution in [2.45, 2.75) is 13.8 Å². The Morgan fingerprint density at radius 1 is 1.26 bits per heavy atom. The average molecular weight is 277 g/mol. The van der Waals surface area contributed by atoms with E-state index in [1.807, 2.05) is 13.1 Å². The van der Waals surface area contributed by atoms with Crippen molar-refractivity contribution in [3.63, 3.8) is 0 Å². The molecule has 0 N–H and O–H groups in total. The number of imidazole rings is 1. The van der Waals surface area contributed by atoms with Crippen LogP contribution in [0.4, 0.5) is 0 Å². The summed E-state index contributed by atoms with van der Waals surface area (Å²) in [5.74, 6) is 0. The molecule has 1 fully saturated rings. The number of piperazine rings is 1. The van der Waals surface area contributed by atoms with Crippen molar-refractivity contribution in [3.8, 4) is 0 Å². The number of aryl methyl sites for hydroxylation is 2. The zero-order valence-corrected chi connectivity index (χ0v) is 12.4. The lowest BCUT2D eigenvalue weighted by Gasteiger charge is -2.30. The second-order valence-corrected chi connectivity index (χ2v) is 5.92. The van der Waals surface area contributed by atoms with E-state index in [1.54, 1.807) is 11.3 Å². The van der Waals surface area contributed by atoms with Crippen molar-refractivity contribution >= 4 is 22.5 Å². The summed E-state index contributed by atoms with van der Waals surface area (Å²) in [5.41, 5.74) is 3.38. The quantitative estimate of drug-likeness (QED) is 0.782. The molecule has 0 aromatic carbocycles. The van der Waals surface area contributed by atoms with E-state index in [1.165, 1.54) is 5.69 Å². The van der Waals surface area contributed by atoms with Gasteiger partial charge in [0.05, 0.1) is 17.6 Å². The predicted molar refractivity (Wildman–Crippen MR) is 79.2 cm³/mol. The van der Waals surface area contributed by atoms with Gasteiger partial charge in [0.15, 0.2) is 4.96 Å². The van der Waals surface area contributed by atoms with Crippen LogP contribution in [0.1, 0.15) is 17.1 Å². The normalized spacial score (nSPS) is 17.9. The number of fused-ring (bicyclic) bond motifs is 1. The van der Waals surface area contributed by atoms with Gasteiger partial charge in [0.25, 0.3) is 0 Å². The molecule has 1 saturated heterocycles. The first kappa shape index (κ1) is 12.6. The van der Waals surface area contributed by atoms with Crippen LogP contribution >= 0.6 is 11.3 Å². The molecular weight excluding hydrogens is 258 g/mol. The molecule has 0 atom stereocenters. The summed E-state index contributed by atoms with van der Waals surface area (Å²) in [5, 5.41) is 8.89. The van der Waals surface area contributed by atoms with Gasteiger partial charge in [0.1, 0.15) is 0 Å². The highest BCUT2D eigenvalue weighted by Crippen LogP contribution is 2.19. The highest BCUT2D eigenvalue weighted by molar-refractivity contribution is 7.15. The molecule has 5 nitrogen and oxygen atoms in total. The number of rotatable bonds is 2. The lowest BCUT2D eigenvalue weighted by Crippen LogP contribution is -2.41. The Balaban J connectivity index is 1.84. The first-order chi connectivity index (χ1) is 9.15. The minimum absolute atomic E-state index is 0.997. The molecule has 0 radical (unpaired) electrons. The molecule has 0 unspecified atom stereocenters. The Morgan fingerprint density at radius 3 is 2.74 bits per heavy atom. The number of aromatic nitrogens is 2. The van der Waals surface area contributed by atoms with E-state index in [-0.39, 0.29) is 0 Å². The molecule has 1 aliphatic heterocycles. The third-order valence-corrected chi connectivity index (χ3v) is 4.52. The van der Waals surface area contributed by atoms with Crippen LogP contribution in [0.25, 0.3) is 4.96 Å². The molecular formula is C13H19N5S. The number of hydrogen-bond donors (Lipinski definition) is 0. The summed E-state index contributed by atoms with van der Waals surface area (Å²) >= 11 is 1.68. The van der Waals surface area contributed by atoms with Gasteiger partial charge in [-0.3, -0.25) is 9.41 Å². The maximum absolute atomic E-state index is 4.62. The fourth-order valence-corrected chi connectivity index (χ4v) is 3.24. The monoisotopic (exact) mass is 277 g/mol. The van der Waals surface area contributed by atoms with Gasteiger partial charge in [0.2, 0.25) is 0 Å². The molecule has 3 rings (SSSR count). The predicted octanol–water partition coefficient (Wildman–Crippen LogP) is 1.59. The summed E-state index contributed by atoms with van der Waals surface area (Å²) in [7, 11) is 2.15. The van der Waals surface area contributed by atoms with Crippen LogP contribution in [0.3, 0.4) is 0 Å². The molecule has 6 heteroatoms. The molecule has 0 saturated carbocycles. The topological polar surface area (TPSA) is 36.1 Å². The van der Waals surface area contributed by atoms with Gasteiger partial charge in [-0.2, -0.15) is 5.10 Å². The van der Waals surface area contributed by atoms with Crippen molar-refractivity contribution in [2.24, 2.45) is 5.10 Å². The van der Waals surface area contributed by atoms with Crippen LogP contribution < -0.4 is 0 Å². The Morgan fingerprint density at radius 2 is 2.00 bits per heavy atom. The third-order valence-electron chi connectivity index (χ3n) is 3.58. The molecule has 1 aliphatic rings. The van der Waals surface area contributed by atoms with E-state index in [2.05, 4.69) is 43.7 Å². The minimum atomic E-state index is 0.997. The van der Waals surface area contributed by atoms with Crippen molar-refractivity contribution in [3.05, 3.63) is 22.5 Å². The standard InChI is InChI=1S/C13H19N5S/c1-10-9-19-13-15-11(2)12(18(10)13)8-14-17-6-4-16(3)5-7-17/h8-9H,4-7H2,1-3H3/b14-8-. The van der Waals surface area contributed by atoms with Crippen LogP contribution in [-0.4, -0.2) is 58.7 Å². The third kappa shape index (κ3) is 2.37. The van der Waals surface area contributed by atoms with Gasteiger partial charge in [-0.05, 0) is 20.9 Å². The van der Waals surface area contributed by atoms with Crippen LogP contribution in [0, 0.1) is 13.8 Å². The first-order valence-corrected chi connectivity index (χ1v) is 7.44. The second kappa shape index (κ2) is 4.94. The average Bonchev–Trinajstić information content (AvgIpc) is 2.89. The summed E-state index contributed by atoms with van der Waals surface area (Å²) in [6.07, 6.45) is 1.96. The second-order valence-electron chi connectivity index (χ2n) is 5.08. The van der Waals surface area contributed by atoms with Crippen LogP contribution in [0.2, 0.25) is 0 Å². The van der Waals surface area contributed by atoms with Crippen molar-refractivity contribution in [1.29, 1.82) is 0 Å². The molecule has 0 amide bonds. The molecule has 19 heavy (non-hydrogen) atoms. The largest absolute Gasteiger partial charge is 0.303 e. The summed E-state index contributed by atoms with van der Waals surface area (Å²) in [6.45, 7) is 8.31. The fraction of sp³-hybridized carbons (Fsp3) is 0.538. The molecule has 0 bridgehead atoms. The summed E-state index contributed by atoms with van der Waals surface area (Å²) in [6, 6.07) is 0. The SMILES string of the molecule is Cc1nc2scc(C)n2c1/C=N\N1CCN(C)CC1. The first-order valence-electron chi connectivity index (χ1n) is 6.56. The number of hydrogen-bond acceptors (Lipinski definition) is 5. The fourth-order valence-electron chi connectivity index (χ4n) is 2.33. The Bertz CT molecular complexity index is 604. The Hall–Kier alpha value is -1.40. The lowest BCUT2D eigenvalue weighted by molar-refractivity contribution is 0.159. The molecule has 0 spiro atoms. The molecule has 0 aliphatic carbocycles. The van der Waals surface area contributed by atoms with Crippen molar-refractivity contribution in [2.75, 3.05) is 33.2 Å². The van der Waals surface area contributed by atoms with Gasteiger partial charge >= 0.3 is 0 Å². The molecule has 2 aromatic heterocycles. The van der Waals surface area contributed by atoms with E-state index >= 15 is 0 Å². The van der Waals surface area contributed by atoms with Crippen LogP contribution in [0.15, 0.2) is 10.5 Å². The molecule has 2 aromatic rings. The van der Waals surface area contributed by atoms with Crippen LogP contribution in [-0.2, 0) is 0 Å². The highest BCUT2D eigenvalue weighted by atomic mass is 32.1. The van der Waals surface area contributed by atoms with Crippen molar-refractivity contribution in [1.82, 2.24) is 19.3 Å². The minimum Gasteiger partial charge on any atom is -0.303 e. The molecule has 3 heterocycles. The highest BCUT2D eigenvalue weighted by Gasteiger charge is 2.13. The van der Waals surface area contributed by atoms with E-state index in [9.17, 15) is 0 Å². The number of hydrazone groups is 1. The maximum atomic E-state index is 4.62. The zero-order valence-electron chi connectivity index (χ0n) is 11.6. The van der Waals surface area contributed by atoms with Gasteiger partial charge in [-0.15, -0.1) is 11.3 Å². The van der Waals surface area contributed by atoms with Gasteiger partial charge in [0, 0.05) is 37.3 Å². The van der Waals surface area contributed by atoms with Crippen molar-refractivity contribution < 1.29 is 0 Å². The summed E-state index contributed by atoms with van der Waals surface area (Å²) < 4.78 is 2.18. The van der Waals surface area contributed by atoms with Gasteiger partial charge in [-0.25, -0.2) is 4.98 Å². The van der Waals surface area contributed by atoms with Crippen LogP contribution in [0.5, 0.6) is 0 Å². The number of thiazole rings is 1. The number of likely N-dealkylation sites (N-methyl/N-ethyl adjacent to an activating group) is 1. The van der Waals surface area contributed by atoms with Gasteiger partial charge < -0.3 is 4.90 Å². The smallest absolute Gasteiger partial charge is 0.194 e. The van der Waals surface area contributed by atoms with E-state index in [0.717, 1.165) is 42.5 Å². The maximum Gasteiger partial charge on any atom is 0.194 e. The Labute approximate surface area is 117 Å². The van der Waals surface area contributed by atoms with E-state index < -0.39 is 0 Å². The zero-order chi connectivity index (χ0) is 13.4. The lowest BCUT2D eigenvalue weighted by atomic mass is 10.3. The number of nitrogens with zero attached hydrogens (tertiary/aromatic N) is 5. The van der Waals surface area contributed by atoms with Gasteiger partial charge in [-0.1, -0.05) is 0 Å².